The van der Waals surface area contributed by atoms with Gasteiger partial charge in [-0.15, -0.1) is 0 Å². The summed E-state index contributed by atoms with van der Waals surface area (Å²) in [5, 5.41) is 9.78. The summed E-state index contributed by atoms with van der Waals surface area (Å²) in [6.07, 6.45) is 3.39. The van der Waals surface area contributed by atoms with E-state index in [0.29, 0.717) is 18.5 Å². The number of aliphatic hydroxyl groups excluding tert-OH is 1. The van der Waals surface area contributed by atoms with Gasteiger partial charge in [0, 0.05) is 30.9 Å². The molecule has 0 bridgehead atoms. The van der Waals surface area contributed by atoms with Gasteiger partial charge >= 0.3 is 5.97 Å². The van der Waals surface area contributed by atoms with Crippen LogP contribution in [0.25, 0.3) is 11.2 Å². The number of rotatable bonds is 8. The molecule has 1 saturated carbocycles. The van der Waals surface area contributed by atoms with E-state index in [0.717, 1.165) is 13.0 Å². The fraction of sp³-hybridized carbons (Fsp3) is 0.647. The highest BCUT2D eigenvalue weighted by Crippen LogP contribution is 2.44. The maximum atomic E-state index is 11.9. The summed E-state index contributed by atoms with van der Waals surface area (Å²) in [6.45, 7) is 1.07. The van der Waals surface area contributed by atoms with Crippen molar-refractivity contribution < 1.29 is 14.6 Å². The second kappa shape index (κ2) is 8.05. The van der Waals surface area contributed by atoms with Crippen LogP contribution in [0.4, 0.5) is 5.95 Å². The van der Waals surface area contributed by atoms with Gasteiger partial charge in [-0.3, -0.25) is 14.6 Å². The molecule has 0 amide bonds. The highest BCUT2D eigenvalue weighted by Gasteiger charge is 2.43. The zero-order valence-corrected chi connectivity index (χ0v) is 15.6. The largest absolute Gasteiger partial charge is 0.465 e. The van der Waals surface area contributed by atoms with Crippen LogP contribution in [-0.4, -0.2) is 69.3 Å². The van der Waals surface area contributed by atoms with E-state index in [-0.39, 0.29) is 54.1 Å². The quantitative estimate of drug-likeness (QED) is 0.535. The maximum absolute atomic E-state index is 11.9. The molecule has 2 heterocycles. The number of hydrogen-bond acceptors (Lipinski definition) is 8. The minimum absolute atomic E-state index is 0.0253. The number of nitrogens with one attached hydrogen (secondary N) is 1. The van der Waals surface area contributed by atoms with E-state index in [4.69, 9.17) is 10.5 Å². The first-order valence-electron chi connectivity index (χ1n) is 9.04. The minimum Gasteiger partial charge on any atom is -0.465 e. The molecule has 3 rings (SSSR count). The van der Waals surface area contributed by atoms with Crippen molar-refractivity contribution in [1.29, 1.82) is 0 Å². The molecule has 1 aliphatic carbocycles. The van der Waals surface area contributed by atoms with E-state index in [9.17, 15) is 14.7 Å². The van der Waals surface area contributed by atoms with Gasteiger partial charge in [0.05, 0.1) is 12.9 Å². The van der Waals surface area contributed by atoms with Crippen molar-refractivity contribution in [1.82, 2.24) is 24.4 Å². The lowest BCUT2D eigenvalue weighted by Gasteiger charge is -2.44. The van der Waals surface area contributed by atoms with E-state index in [1.54, 1.807) is 10.9 Å². The normalized spacial score (nSPS) is 22.1. The van der Waals surface area contributed by atoms with E-state index in [2.05, 4.69) is 15.0 Å². The molecule has 3 atom stereocenters. The first kappa shape index (κ1) is 19.3. The average molecular weight is 378 g/mol. The Kier molecular flexibility index (Phi) is 5.76. The number of fused-ring (bicyclic) bond motifs is 1. The highest BCUT2D eigenvalue weighted by molar-refractivity contribution is 5.71. The zero-order chi connectivity index (χ0) is 19.6. The fourth-order valence-corrected chi connectivity index (χ4v) is 3.56. The third-order valence-corrected chi connectivity index (χ3v) is 5.11. The van der Waals surface area contributed by atoms with Crippen molar-refractivity contribution in [2.75, 3.05) is 39.6 Å². The van der Waals surface area contributed by atoms with Crippen molar-refractivity contribution in [2.24, 2.45) is 11.8 Å². The number of aromatic nitrogens is 4. The molecular weight excluding hydrogens is 352 g/mol. The lowest BCUT2D eigenvalue weighted by atomic mass is 9.70. The standard InChI is InChI=1S/C17H26N6O4/c1-22(2)5-3-4-13(25)27-8-10-6-12(11(10)7-24)23-9-19-14-15(23)20-17(18)21-16(14)26/h9-12,24H,3-8H2,1-2H3,(H3,18,20,21,26)/t10-,11-,12-/m1/s1. The number of anilines is 1. The molecule has 1 aliphatic rings. The molecule has 10 nitrogen and oxygen atoms in total. The molecule has 0 radical (unpaired) electrons. The Bertz CT molecular complexity index is 861. The number of nitrogens with zero attached hydrogens (tertiary/aromatic N) is 4. The molecular formula is C17H26N6O4. The first-order chi connectivity index (χ1) is 12.9. The van der Waals surface area contributed by atoms with Gasteiger partial charge in [0.15, 0.2) is 11.2 Å². The Balaban J connectivity index is 1.60. The van der Waals surface area contributed by atoms with E-state index in [1.165, 1.54) is 0 Å². The third-order valence-electron chi connectivity index (χ3n) is 5.11. The van der Waals surface area contributed by atoms with Crippen LogP contribution < -0.4 is 11.3 Å². The van der Waals surface area contributed by atoms with Crippen LogP contribution >= 0.6 is 0 Å². The number of imidazole rings is 1. The van der Waals surface area contributed by atoms with Crippen LogP contribution in [0.5, 0.6) is 0 Å². The molecule has 2 aromatic rings. The van der Waals surface area contributed by atoms with Crippen LogP contribution in [0, 0.1) is 11.8 Å². The number of carbonyl (C=O) groups is 1. The van der Waals surface area contributed by atoms with Crippen molar-refractivity contribution in [3.8, 4) is 0 Å². The monoisotopic (exact) mass is 378 g/mol. The topological polar surface area (TPSA) is 139 Å². The van der Waals surface area contributed by atoms with Gasteiger partial charge in [0.2, 0.25) is 5.95 Å². The summed E-state index contributed by atoms with van der Waals surface area (Å²) in [5.74, 6) is -0.225. The summed E-state index contributed by atoms with van der Waals surface area (Å²) in [5.41, 5.74) is 5.86. The van der Waals surface area contributed by atoms with E-state index in [1.807, 2.05) is 19.0 Å². The second-order valence-electron chi connectivity index (χ2n) is 7.27. The zero-order valence-electron chi connectivity index (χ0n) is 15.6. The number of esters is 1. The van der Waals surface area contributed by atoms with Crippen molar-refractivity contribution in [2.45, 2.75) is 25.3 Å². The number of nitrogen functional groups attached to an aromatic ring is 1. The smallest absolute Gasteiger partial charge is 0.305 e. The Hall–Kier alpha value is -2.46. The van der Waals surface area contributed by atoms with Gasteiger partial charge in [0.1, 0.15) is 0 Å². The van der Waals surface area contributed by atoms with Crippen LogP contribution in [0.3, 0.4) is 0 Å². The number of nitrogens with two attached hydrogens (primary N) is 1. The molecule has 0 saturated heterocycles. The molecule has 2 aromatic heterocycles. The SMILES string of the molecule is CN(C)CCCC(=O)OC[C@H]1C[C@@H](n2cnc3c(=O)[nH]c(N)nc32)[C@@H]1CO. The van der Waals surface area contributed by atoms with Crippen LogP contribution in [0.1, 0.15) is 25.3 Å². The second-order valence-corrected chi connectivity index (χ2v) is 7.27. The summed E-state index contributed by atoms with van der Waals surface area (Å²) < 4.78 is 7.14. The van der Waals surface area contributed by atoms with Crippen LogP contribution in [0.15, 0.2) is 11.1 Å². The highest BCUT2D eigenvalue weighted by atomic mass is 16.5. The number of ether oxygens (including phenoxy) is 1. The Labute approximate surface area is 156 Å². The lowest BCUT2D eigenvalue weighted by Crippen LogP contribution is -2.43. The van der Waals surface area contributed by atoms with Crippen molar-refractivity contribution >= 4 is 23.1 Å². The van der Waals surface area contributed by atoms with Crippen molar-refractivity contribution in [3.63, 3.8) is 0 Å². The molecule has 0 aromatic carbocycles. The van der Waals surface area contributed by atoms with Gasteiger partial charge < -0.3 is 25.0 Å². The van der Waals surface area contributed by atoms with Gasteiger partial charge in [-0.05, 0) is 33.5 Å². The average Bonchev–Trinajstić information content (AvgIpc) is 2.97. The molecule has 27 heavy (non-hydrogen) atoms. The molecule has 148 valence electrons. The number of carbonyl (C=O) groups excluding carboxylic acids is 1. The predicted molar refractivity (Wildman–Crippen MR) is 99.0 cm³/mol. The fourth-order valence-electron chi connectivity index (χ4n) is 3.56. The Morgan fingerprint density at radius 2 is 2.30 bits per heavy atom. The van der Waals surface area contributed by atoms with Gasteiger partial charge in [-0.1, -0.05) is 0 Å². The number of aromatic amines is 1. The lowest BCUT2D eigenvalue weighted by molar-refractivity contribution is -0.148. The molecule has 4 N–H and O–H groups in total. The summed E-state index contributed by atoms with van der Waals surface area (Å²) in [6, 6.07) is -0.0638. The van der Waals surface area contributed by atoms with Gasteiger partial charge in [0.25, 0.3) is 5.56 Å². The maximum Gasteiger partial charge on any atom is 0.305 e. The van der Waals surface area contributed by atoms with E-state index < -0.39 is 0 Å². The summed E-state index contributed by atoms with van der Waals surface area (Å²) in [4.78, 5) is 36.5. The molecule has 0 spiro atoms. The number of H-pyrrole nitrogens is 1. The third kappa shape index (κ3) is 4.11. The van der Waals surface area contributed by atoms with Crippen LogP contribution in [-0.2, 0) is 9.53 Å². The summed E-state index contributed by atoms with van der Waals surface area (Å²) >= 11 is 0. The van der Waals surface area contributed by atoms with E-state index >= 15 is 0 Å². The Morgan fingerprint density at radius 1 is 1.52 bits per heavy atom. The first-order valence-corrected chi connectivity index (χ1v) is 9.04. The minimum atomic E-state index is -0.390. The number of hydrogen-bond donors (Lipinski definition) is 3. The Morgan fingerprint density at radius 3 is 3.00 bits per heavy atom. The summed E-state index contributed by atoms with van der Waals surface area (Å²) in [7, 11) is 3.92. The molecule has 0 unspecified atom stereocenters. The molecule has 1 fully saturated rings. The number of aliphatic hydroxyl groups is 1. The molecule has 10 heteroatoms. The van der Waals surface area contributed by atoms with Gasteiger partial charge in [-0.25, -0.2) is 4.98 Å². The van der Waals surface area contributed by atoms with Crippen LogP contribution in [0.2, 0.25) is 0 Å². The molecule has 0 aliphatic heterocycles. The van der Waals surface area contributed by atoms with Gasteiger partial charge in [-0.2, -0.15) is 4.98 Å². The van der Waals surface area contributed by atoms with Crippen molar-refractivity contribution in [3.05, 3.63) is 16.7 Å². The predicted octanol–water partition coefficient (Wildman–Crippen LogP) is -0.244.